The minimum Gasteiger partial charge on any atom is -0.322 e. The smallest absolute Gasteiger partial charge is 0.248 e. The number of rotatable bonds is 5. The lowest BCUT2D eigenvalue weighted by Crippen LogP contribution is -2.13. The molecule has 2 heteroatoms. The van der Waals surface area contributed by atoms with Crippen LogP contribution in [0.5, 0.6) is 0 Å². The predicted molar refractivity (Wildman–Crippen MR) is 116 cm³/mol. The van der Waals surface area contributed by atoms with Gasteiger partial charge in [-0.1, -0.05) is 88.4 Å². The van der Waals surface area contributed by atoms with E-state index in [9.17, 15) is 4.79 Å². The summed E-state index contributed by atoms with van der Waals surface area (Å²) >= 11 is 0. The van der Waals surface area contributed by atoms with Gasteiger partial charge in [0.2, 0.25) is 5.91 Å². The fourth-order valence-electron chi connectivity index (χ4n) is 3.42. The number of hydrogen-bond acceptors (Lipinski definition) is 1. The molecule has 0 aliphatic heterocycles. The Morgan fingerprint density at radius 3 is 2.07 bits per heavy atom. The molecular formula is C25H27NO. The lowest BCUT2D eigenvalue weighted by Gasteiger charge is -2.19. The molecule has 0 aliphatic rings. The zero-order chi connectivity index (χ0) is 19.4. The number of fused-ring (bicyclic) bond motifs is 1. The number of nitrogens with one attached hydrogen (secondary N) is 1. The highest BCUT2D eigenvalue weighted by molar-refractivity contribution is 6.04. The quantitative estimate of drug-likeness (QED) is 0.503. The summed E-state index contributed by atoms with van der Waals surface area (Å²) in [5.74, 6) is 0.597. The third-order valence-corrected chi connectivity index (χ3v) is 4.86. The zero-order valence-corrected chi connectivity index (χ0v) is 16.5. The monoisotopic (exact) mass is 357 g/mol. The third kappa shape index (κ3) is 4.28. The largest absolute Gasteiger partial charge is 0.322 e. The summed E-state index contributed by atoms with van der Waals surface area (Å²) in [7, 11) is 0. The molecule has 2 nitrogen and oxygen atoms in total. The number of para-hydroxylation sites is 1. The fraction of sp³-hybridized carbons (Fsp3) is 0.240. The molecule has 0 heterocycles. The topological polar surface area (TPSA) is 29.1 Å². The van der Waals surface area contributed by atoms with Gasteiger partial charge in [0.25, 0.3) is 0 Å². The van der Waals surface area contributed by atoms with Crippen LogP contribution in [0.2, 0.25) is 0 Å². The summed E-state index contributed by atoms with van der Waals surface area (Å²) in [4.78, 5) is 12.7. The summed E-state index contributed by atoms with van der Waals surface area (Å²) in [5.41, 5.74) is 4.35. The Labute approximate surface area is 161 Å². The van der Waals surface area contributed by atoms with Crippen molar-refractivity contribution in [3.8, 4) is 0 Å². The number of amides is 1. The van der Waals surface area contributed by atoms with Gasteiger partial charge in [0.15, 0.2) is 0 Å². The maximum absolute atomic E-state index is 12.7. The molecule has 0 atom stereocenters. The SMILES string of the molecule is CC(C)c1cccc(C(C)C)c1NC(=O)/C=C/c1cccc2ccccc12. The molecule has 3 aromatic carbocycles. The molecule has 0 bridgehead atoms. The van der Waals surface area contributed by atoms with Crippen molar-refractivity contribution in [3.63, 3.8) is 0 Å². The molecule has 0 spiro atoms. The minimum atomic E-state index is -0.0991. The van der Waals surface area contributed by atoms with Gasteiger partial charge < -0.3 is 5.32 Å². The van der Waals surface area contributed by atoms with Crippen molar-refractivity contribution < 1.29 is 4.79 Å². The van der Waals surface area contributed by atoms with Crippen LogP contribution in [0.3, 0.4) is 0 Å². The second kappa shape index (κ2) is 8.22. The summed E-state index contributed by atoms with van der Waals surface area (Å²) in [6.45, 7) is 8.62. The van der Waals surface area contributed by atoms with Gasteiger partial charge in [-0.3, -0.25) is 4.79 Å². The van der Waals surface area contributed by atoms with Crippen LogP contribution in [-0.2, 0) is 4.79 Å². The van der Waals surface area contributed by atoms with Crippen molar-refractivity contribution in [1.82, 2.24) is 0 Å². The molecular weight excluding hydrogens is 330 g/mol. The predicted octanol–water partition coefficient (Wildman–Crippen LogP) is 6.74. The highest BCUT2D eigenvalue weighted by atomic mass is 16.1. The first-order valence-electron chi connectivity index (χ1n) is 9.57. The van der Waals surface area contributed by atoms with Gasteiger partial charge in [-0.2, -0.15) is 0 Å². The Bertz CT molecular complexity index is 951. The first-order chi connectivity index (χ1) is 13.0. The first-order valence-corrected chi connectivity index (χ1v) is 9.57. The van der Waals surface area contributed by atoms with E-state index in [1.165, 1.54) is 16.5 Å². The van der Waals surface area contributed by atoms with Crippen LogP contribution in [0, 0.1) is 0 Å². The normalized spacial score (nSPS) is 11.6. The lowest BCUT2D eigenvalue weighted by molar-refractivity contribution is -0.111. The van der Waals surface area contributed by atoms with Crippen molar-refractivity contribution >= 4 is 28.4 Å². The standard InChI is InChI=1S/C25H27NO/c1-17(2)21-13-8-14-22(18(3)4)25(21)26-24(27)16-15-20-11-7-10-19-9-5-6-12-23(19)20/h5-18H,1-4H3,(H,26,27)/b16-15+. The maximum atomic E-state index is 12.7. The van der Waals surface area contributed by atoms with Crippen molar-refractivity contribution in [3.05, 3.63) is 83.4 Å². The van der Waals surface area contributed by atoms with Crippen molar-refractivity contribution in [2.24, 2.45) is 0 Å². The number of benzene rings is 3. The average molecular weight is 357 g/mol. The van der Waals surface area contributed by atoms with Crippen LogP contribution in [0.15, 0.2) is 66.7 Å². The number of anilines is 1. The van der Waals surface area contributed by atoms with Crippen molar-refractivity contribution in [2.45, 2.75) is 39.5 Å². The molecule has 0 aliphatic carbocycles. The molecule has 3 aromatic rings. The van der Waals surface area contributed by atoms with E-state index in [0.717, 1.165) is 16.6 Å². The second-order valence-corrected chi connectivity index (χ2v) is 7.51. The first kappa shape index (κ1) is 18.9. The Kier molecular flexibility index (Phi) is 5.75. The molecule has 0 aromatic heterocycles. The Morgan fingerprint density at radius 1 is 0.815 bits per heavy atom. The van der Waals surface area contributed by atoms with Gasteiger partial charge in [-0.05, 0) is 45.4 Å². The van der Waals surface area contributed by atoms with Gasteiger partial charge in [-0.25, -0.2) is 0 Å². The summed E-state index contributed by atoms with van der Waals surface area (Å²) in [6, 6.07) is 20.6. The van der Waals surface area contributed by atoms with Crippen LogP contribution in [0.1, 0.15) is 56.2 Å². The molecule has 138 valence electrons. The van der Waals surface area contributed by atoms with E-state index in [2.05, 4.69) is 69.4 Å². The summed E-state index contributed by atoms with van der Waals surface area (Å²) in [5, 5.41) is 5.46. The average Bonchev–Trinajstić information content (AvgIpc) is 2.66. The Morgan fingerprint density at radius 2 is 1.41 bits per heavy atom. The van der Waals surface area contributed by atoms with Crippen LogP contribution in [0.4, 0.5) is 5.69 Å². The van der Waals surface area contributed by atoms with E-state index in [4.69, 9.17) is 0 Å². The number of carbonyl (C=O) groups is 1. The summed E-state index contributed by atoms with van der Waals surface area (Å²) < 4.78 is 0. The molecule has 1 amide bonds. The van der Waals surface area contributed by atoms with E-state index in [1.54, 1.807) is 6.08 Å². The highest BCUT2D eigenvalue weighted by Gasteiger charge is 2.15. The molecule has 0 unspecified atom stereocenters. The van der Waals surface area contributed by atoms with Crippen LogP contribution in [-0.4, -0.2) is 5.91 Å². The zero-order valence-electron chi connectivity index (χ0n) is 16.5. The van der Waals surface area contributed by atoms with E-state index in [1.807, 2.05) is 30.3 Å². The van der Waals surface area contributed by atoms with E-state index < -0.39 is 0 Å². The molecule has 0 fully saturated rings. The molecule has 0 saturated heterocycles. The van der Waals surface area contributed by atoms with Crippen LogP contribution >= 0.6 is 0 Å². The van der Waals surface area contributed by atoms with Gasteiger partial charge in [0, 0.05) is 11.8 Å². The van der Waals surface area contributed by atoms with Gasteiger partial charge in [0.05, 0.1) is 0 Å². The van der Waals surface area contributed by atoms with Crippen molar-refractivity contribution in [1.29, 1.82) is 0 Å². The second-order valence-electron chi connectivity index (χ2n) is 7.51. The maximum Gasteiger partial charge on any atom is 0.248 e. The number of carbonyl (C=O) groups excluding carboxylic acids is 1. The third-order valence-electron chi connectivity index (χ3n) is 4.86. The van der Waals surface area contributed by atoms with Gasteiger partial charge in [0.1, 0.15) is 0 Å². The Balaban J connectivity index is 1.89. The van der Waals surface area contributed by atoms with E-state index >= 15 is 0 Å². The fourth-order valence-corrected chi connectivity index (χ4v) is 3.42. The Hall–Kier alpha value is -2.87. The molecule has 27 heavy (non-hydrogen) atoms. The molecule has 0 radical (unpaired) electrons. The van der Waals surface area contributed by atoms with E-state index in [0.29, 0.717) is 11.8 Å². The molecule has 1 N–H and O–H groups in total. The number of hydrogen-bond donors (Lipinski definition) is 1. The molecule has 3 rings (SSSR count). The van der Waals surface area contributed by atoms with Crippen LogP contribution < -0.4 is 5.32 Å². The highest BCUT2D eigenvalue weighted by Crippen LogP contribution is 2.32. The van der Waals surface area contributed by atoms with Gasteiger partial charge in [-0.15, -0.1) is 0 Å². The minimum absolute atomic E-state index is 0.0991. The van der Waals surface area contributed by atoms with Gasteiger partial charge >= 0.3 is 0 Å². The molecule has 0 saturated carbocycles. The van der Waals surface area contributed by atoms with Crippen LogP contribution in [0.25, 0.3) is 16.8 Å². The van der Waals surface area contributed by atoms with Crippen molar-refractivity contribution in [2.75, 3.05) is 5.32 Å². The summed E-state index contributed by atoms with van der Waals surface area (Å²) in [6.07, 6.45) is 3.52. The van der Waals surface area contributed by atoms with E-state index in [-0.39, 0.29) is 5.91 Å². The lowest BCUT2D eigenvalue weighted by atomic mass is 9.92.